The maximum atomic E-state index is 14.4. The highest BCUT2D eigenvalue weighted by atomic mass is 19.1. The molecule has 128 valence electrons. The first-order valence-electron chi connectivity index (χ1n) is 7.52. The van der Waals surface area contributed by atoms with Crippen LogP contribution in [0.25, 0.3) is 5.69 Å². The number of carboxylic acid groups (broad SMARTS) is 1. The second-order valence-electron chi connectivity index (χ2n) is 5.93. The molecule has 1 amide bonds. The van der Waals surface area contributed by atoms with Crippen molar-refractivity contribution in [3.8, 4) is 5.69 Å². The summed E-state index contributed by atoms with van der Waals surface area (Å²) >= 11 is 0. The van der Waals surface area contributed by atoms with Gasteiger partial charge in [-0.15, -0.1) is 0 Å². The van der Waals surface area contributed by atoms with Crippen LogP contribution in [0.4, 0.5) is 4.39 Å². The van der Waals surface area contributed by atoms with Gasteiger partial charge in [-0.05, 0) is 38.1 Å². The third kappa shape index (κ3) is 3.61. The van der Waals surface area contributed by atoms with E-state index in [0.717, 1.165) is 17.5 Å². The first-order chi connectivity index (χ1) is 11.2. The predicted octanol–water partition coefficient (Wildman–Crippen LogP) is 2.42. The van der Waals surface area contributed by atoms with E-state index in [-0.39, 0.29) is 17.8 Å². The quantitative estimate of drug-likeness (QED) is 0.912. The van der Waals surface area contributed by atoms with Crippen molar-refractivity contribution in [2.45, 2.75) is 20.8 Å². The molecule has 0 radical (unpaired) electrons. The maximum Gasteiger partial charge on any atom is 0.308 e. The summed E-state index contributed by atoms with van der Waals surface area (Å²) < 4.78 is 15.9. The van der Waals surface area contributed by atoms with Gasteiger partial charge in [0.2, 0.25) is 0 Å². The van der Waals surface area contributed by atoms with Crippen LogP contribution < -0.4 is 0 Å². The Balaban J connectivity index is 2.24. The molecule has 1 heterocycles. The lowest BCUT2D eigenvalue weighted by Crippen LogP contribution is -2.33. The van der Waals surface area contributed by atoms with Gasteiger partial charge in [0.05, 0.1) is 11.6 Å². The van der Waals surface area contributed by atoms with Gasteiger partial charge in [0.15, 0.2) is 0 Å². The third-order valence-corrected chi connectivity index (χ3v) is 3.75. The number of aromatic nitrogens is 2. The van der Waals surface area contributed by atoms with E-state index in [9.17, 15) is 14.0 Å². The van der Waals surface area contributed by atoms with Crippen LogP contribution in [0.5, 0.6) is 0 Å². The minimum absolute atomic E-state index is 0.0506. The number of rotatable bonds is 5. The Labute approximate surface area is 139 Å². The van der Waals surface area contributed by atoms with Crippen molar-refractivity contribution in [3.05, 3.63) is 47.0 Å². The van der Waals surface area contributed by atoms with Crippen LogP contribution in [0.3, 0.4) is 0 Å². The average molecular weight is 333 g/mol. The van der Waals surface area contributed by atoms with E-state index < -0.39 is 23.6 Å². The number of aliphatic carboxylic acids is 1. The Bertz CT molecular complexity index is 785. The highest BCUT2D eigenvalue weighted by molar-refractivity contribution is 5.94. The second-order valence-corrected chi connectivity index (χ2v) is 5.93. The van der Waals surface area contributed by atoms with Crippen molar-refractivity contribution in [3.63, 3.8) is 0 Å². The maximum absolute atomic E-state index is 14.4. The minimum atomic E-state index is -0.985. The lowest BCUT2D eigenvalue weighted by atomic mass is 10.1. The molecule has 1 unspecified atom stereocenters. The van der Waals surface area contributed by atoms with E-state index in [2.05, 4.69) is 5.10 Å². The number of halogens is 1. The molecule has 0 bridgehead atoms. The molecule has 0 aliphatic carbocycles. The van der Waals surface area contributed by atoms with Crippen molar-refractivity contribution >= 4 is 11.9 Å². The van der Waals surface area contributed by atoms with Gasteiger partial charge >= 0.3 is 5.97 Å². The molecule has 0 spiro atoms. The predicted molar refractivity (Wildman–Crippen MR) is 86.8 cm³/mol. The minimum Gasteiger partial charge on any atom is -0.481 e. The Morgan fingerprint density at radius 3 is 2.50 bits per heavy atom. The SMILES string of the molecule is Cc1cc(C)n(-c2ccc(C(=O)N(C)CC(C)C(=O)O)cc2F)n1. The summed E-state index contributed by atoms with van der Waals surface area (Å²) in [4.78, 5) is 24.5. The van der Waals surface area contributed by atoms with Crippen LogP contribution in [-0.4, -0.2) is 45.3 Å². The first kappa shape index (κ1) is 17.7. The summed E-state index contributed by atoms with van der Waals surface area (Å²) in [5.74, 6) is -2.67. The fraction of sp³-hybridized carbons (Fsp3) is 0.353. The normalized spacial score (nSPS) is 12.0. The Hall–Kier alpha value is -2.70. The molecular formula is C17H20FN3O3. The number of benzene rings is 1. The van der Waals surface area contributed by atoms with Gasteiger partial charge in [-0.3, -0.25) is 9.59 Å². The van der Waals surface area contributed by atoms with Crippen molar-refractivity contribution in [1.29, 1.82) is 0 Å². The first-order valence-corrected chi connectivity index (χ1v) is 7.52. The van der Waals surface area contributed by atoms with Crippen LogP contribution in [-0.2, 0) is 4.79 Å². The molecule has 1 aromatic heterocycles. The van der Waals surface area contributed by atoms with Crippen LogP contribution in [0.15, 0.2) is 24.3 Å². The lowest BCUT2D eigenvalue weighted by Gasteiger charge is -2.19. The molecule has 2 rings (SSSR count). The molecule has 0 fully saturated rings. The number of hydrogen-bond acceptors (Lipinski definition) is 3. The van der Waals surface area contributed by atoms with Gasteiger partial charge in [0, 0.05) is 24.8 Å². The zero-order chi connectivity index (χ0) is 18.0. The summed E-state index contributed by atoms with van der Waals surface area (Å²) in [7, 11) is 1.49. The molecule has 7 heteroatoms. The Kier molecular flexibility index (Phi) is 5.02. The number of carbonyl (C=O) groups is 2. The van der Waals surface area contributed by atoms with Crippen molar-refractivity contribution in [2.75, 3.05) is 13.6 Å². The number of hydrogen-bond donors (Lipinski definition) is 1. The molecule has 0 saturated heterocycles. The summed E-state index contributed by atoms with van der Waals surface area (Å²) in [6, 6.07) is 5.99. The molecule has 1 N–H and O–H groups in total. The number of aryl methyl sites for hydroxylation is 2. The number of amides is 1. The van der Waals surface area contributed by atoms with Crippen molar-refractivity contribution < 1.29 is 19.1 Å². The van der Waals surface area contributed by atoms with Crippen LogP contribution >= 0.6 is 0 Å². The van der Waals surface area contributed by atoms with Crippen molar-refractivity contribution in [2.24, 2.45) is 5.92 Å². The van der Waals surface area contributed by atoms with Crippen molar-refractivity contribution in [1.82, 2.24) is 14.7 Å². The van der Waals surface area contributed by atoms with Gasteiger partial charge < -0.3 is 10.0 Å². The molecule has 0 saturated carbocycles. The zero-order valence-corrected chi connectivity index (χ0v) is 14.1. The highest BCUT2D eigenvalue weighted by Crippen LogP contribution is 2.18. The summed E-state index contributed by atoms with van der Waals surface area (Å²) in [6.07, 6.45) is 0. The van der Waals surface area contributed by atoms with Crippen LogP contribution in [0.2, 0.25) is 0 Å². The Morgan fingerprint density at radius 2 is 2.00 bits per heavy atom. The number of nitrogens with zero attached hydrogens (tertiary/aromatic N) is 3. The topological polar surface area (TPSA) is 75.4 Å². The smallest absolute Gasteiger partial charge is 0.308 e. The van der Waals surface area contributed by atoms with E-state index in [1.807, 2.05) is 19.9 Å². The standard InChI is InChI=1S/C17H20FN3O3/c1-10(17(23)24)9-20(4)16(22)13-5-6-15(14(18)8-13)21-12(3)7-11(2)19-21/h5-8,10H,9H2,1-4H3,(H,23,24). The van der Waals surface area contributed by atoms with Crippen LogP contribution in [0, 0.1) is 25.6 Å². The number of carbonyl (C=O) groups excluding carboxylic acids is 1. The van der Waals surface area contributed by atoms with Crippen LogP contribution in [0.1, 0.15) is 28.7 Å². The average Bonchev–Trinajstić information content (AvgIpc) is 2.84. The molecule has 0 aliphatic heterocycles. The molecule has 6 nitrogen and oxygen atoms in total. The van der Waals surface area contributed by atoms with Gasteiger partial charge in [-0.25, -0.2) is 9.07 Å². The zero-order valence-electron chi connectivity index (χ0n) is 14.1. The van der Waals surface area contributed by atoms with E-state index in [1.54, 1.807) is 0 Å². The number of carboxylic acids is 1. The van der Waals surface area contributed by atoms with Gasteiger partial charge in [0.1, 0.15) is 11.5 Å². The Morgan fingerprint density at radius 1 is 1.33 bits per heavy atom. The molecule has 1 atom stereocenters. The fourth-order valence-electron chi connectivity index (χ4n) is 2.48. The van der Waals surface area contributed by atoms with Gasteiger partial charge in [-0.1, -0.05) is 6.92 Å². The summed E-state index contributed by atoms with van der Waals surface area (Å²) in [5.41, 5.74) is 1.99. The van der Waals surface area contributed by atoms with E-state index >= 15 is 0 Å². The second kappa shape index (κ2) is 6.82. The fourth-order valence-corrected chi connectivity index (χ4v) is 2.48. The van der Waals surface area contributed by atoms with E-state index in [0.29, 0.717) is 0 Å². The highest BCUT2D eigenvalue weighted by Gasteiger charge is 2.20. The molecule has 0 aliphatic rings. The largest absolute Gasteiger partial charge is 0.481 e. The molecule has 2 aromatic rings. The lowest BCUT2D eigenvalue weighted by molar-refractivity contribution is -0.141. The molecule has 1 aromatic carbocycles. The van der Waals surface area contributed by atoms with E-state index in [1.165, 1.54) is 35.7 Å². The molecule has 24 heavy (non-hydrogen) atoms. The summed E-state index contributed by atoms with van der Waals surface area (Å²) in [5, 5.41) is 13.1. The van der Waals surface area contributed by atoms with Gasteiger partial charge in [0.25, 0.3) is 5.91 Å². The van der Waals surface area contributed by atoms with Gasteiger partial charge in [-0.2, -0.15) is 5.10 Å². The monoisotopic (exact) mass is 333 g/mol. The summed E-state index contributed by atoms with van der Waals surface area (Å²) in [6.45, 7) is 5.20. The van der Waals surface area contributed by atoms with E-state index in [4.69, 9.17) is 5.11 Å². The third-order valence-electron chi connectivity index (χ3n) is 3.75. The molecular weight excluding hydrogens is 313 g/mol.